The third-order valence-electron chi connectivity index (χ3n) is 3.06. The summed E-state index contributed by atoms with van der Waals surface area (Å²) < 4.78 is 0. The molecule has 2 aromatic rings. The van der Waals surface area contributed by atoms with Gasteiger partial charge in [0.1, 0.15) is 0 Å². The maximum Gasteiger partial charge on any atom is 0.277 e. The molecule has 0 bridgehead atoms. The minimum atomic E-state index is -0.254. The van der Waals surface area contributed by atoms with E-state index in [0.29, 0.717) is 11.1 Å². The number of hydroxylamine groups is 2. The molecular formula is C16H14N2O2. The molecule has 0 spiro atoms. The quantitative estimate of drug-likeness (QED) is 0.803. The Morgan fingerprint density at radius 2 is 1.70 bits per heavy atom. The molecule has 0 aromatic heterocycles. The molecule has 0 radical (unpaired) electrons. The first-order valence-corrected chi connectivity index (χ1v) is 6.09. The highest BCUT2D eigenvalue weighted by atomic mass is 16.7. The molecule has 4 heteroatoms. The van der Waals surface area contributed by atoms with Crippen LogP contribution in [0, 0.1) is 11.3 Å². The standard InChI is InChI=1S/C16H14N2O2/c1-18(20-2)16(19)15-10-6-5-9-14(15)13-8-4-3-7-12(13)11-17/h3-10H,1-2H3. The number of rotatable bonds is 3. The Hall–Kier alpha value is -2.64. The van der Waals surface area contributed by atoms with Crippen molar-refractivity contribution in [3.8, 4) is 17.2 Å². The number of hydrogen-bond donors (Lipinski definition) is 0. The van der Waals surface area contributed by atoms with Crippen molar-refractivity contribution in [2.45, 2.75) is 0 Å². The highest BCUT2D eigenvalue weighted by molar-refractivity contribution is 6.00. The van der Waals surface area contributed by atoms with Crippen LogP contribution in [0.25, 0.3) is 11.1 Å². The first-order chi connectivity index (χ1) is 9.69. The third kappa shape index (κ3) is 2.53. The summed E-state index contributed by atoms with van der Waals surface area (Å²) in [4.78, 5) is 17.2. The van der Waals surface area contributed by atoms with Gasteiger partial charge in [0, 0.05) is 18.2 Å². The molecule has 0 saturated carbocycles. The van der Waals surface area contributed by atoms with Gasteiger partial charge in [0.15, 0.2) is 0 Å². The summed E-state index contributed by atoms with van der Waals surface area (Å²) in [5.41, 5.74) is 2.49. The van der Waals surface area contributed by atoms with Gasteiger partial charge in [-0.05, 0) is 17.7 Å². The lowest BCUT2D eigenvalue weighted by Gasteiger charge is -2.16. The van der Waals surface area contributed by atoms with Gasteiger partial charge in [-0.15, -0.1) is 0 Å². The number of hydrogen-bond acceptors (Lipinski definition) is 3. The molecule has 0 aliphatic carbocycles. The minimum Gasteiger partial charge on any atom is -0.274 e. The predicted molar refractivity (Wildman–Crippen MR) is 75.7 cm³/mol. The van der Waals surface area contributed by atoms with Crippen molar-refractivity contribution in [2.75, 3.05) is 14.2 Å². The van der Waals surface area contributed by atoms with Crippen molar-refractivity contribution in [2.24, 2.45) is 0 Å². The van der Waals surface area contributed by atoms with Crippen LogP contribution in [0.1, 0.15) is 15.9 Å². The summed E-state index contributed by atoms with van der Waals surface area (Å²) in [5.74, 6) is -0.254. The Labute approximate surface area is 117 Å². The van der Waals surface area contributed by atoms with Gasteiger partial charge in [-0.2, -0.15) is 5.26 Å². The molecule has 0 fully saturated rings. The van der Waals surface area contributed by atoms with E-state index in [0.717, 1.165) is 16.2 Å². The van der Waals surface area contributed by atoms with Crippen LogP contribution in [0.15, 0.2) is 48.5 Å². The monoisotopic (exact) mass is 266 g/mol. The van der Waals surface area contributed by atoms with Crippen molar-refractivity contribution < 1.29 is 9.63 Å². The van der Waals surface area contributed by atoms with E-state index in [2.05, 4.69) is 6.07 Å². The van der Waals surface area contributed by atoms with Crippen LogP contribution in [0.4, 0.5) is 0 Å². The molecule has 100 valence electrons. The Bertz CT molecular complexity index is 674. The molecule has 0 aliphatic rings. The van der Waals surface area contributed by atoms with Crippen molar-refractivity contribution in [1.82, 2.24) is 5.06 Å². The second kappa shape index (κ2) is 6.00. The van der Waals surface area contributed by atoms with E-state index in [1.54, 1.807) is 31.3 Å². The summed E-state index contributed by atoms with van der Waals surface area (Å²) in [7, 11) is 2.99. The first kappa shape index (κ1) is 13.8. The van der Waals surface area contributed by atoms with Crippen molar-refractivity contribution in [3.05, 3.63) is 59.7 Å². The third-order valence-corrected chi connectivity index (χ3v) is 3.06. The maximum atomic E-state index is 12.3. The number of carbonyl (C=O) groups excluding carboxylic acids is 1. The summed E-state index contributed by atoms with van der Waals surface area (Å²) in [6.45, 7) is 0. The summed E-state index contributed by atoms with van der Waals surface area (Å²) in [6.07, 6.45) is 0. The fourth-order valence-corrected chi connectivity index (χ4v) is 1.97. The number of benzene rings is 2. The number of amides is 1. The van der Waals surface area contributed by atoms with E-state index in [-0.39, 0.29) is 5.91 Å². The smallest absolute Gasteiger partial charge is 0.274 e. The van der Waals surface area contributed by atoms with Gasteiger partial charge < -0.3 is 0 Å². The van der Waals surface area contributed by atoms with Gasteiger partial charge in [0.05, 0.1) is 18.7 Å². The molecule has 2 rings (SSSR count). The van der Waals surface area contributed by atoms with E-state index in [9.17, 15) is 10.1 Å². The van der Waals surface area contributed by atoms with Gasteiger partial charge in [-0.1, -0.05) is 36.4 Å². The van der Waals surface area contributed by atoms with Crippen LogP contribution in [0.2, 0.25) is 0 Å². The van der Waals surface area contributed by atoms with Crippen LogP contribution < -0.4 is 0 Å². The van der Waals surface area contributed by atoms with E-state index in [1.807, 2.05) is 24.3 Å². The lowest BCUT2D eigenvalue weighted by Crippen LogP contribution is -2.25. The number of nitrogens with zero attached hydrogens (tertiary/aromatic N) is 2. The van der Waals surface area contributed by atoms with Gasteiger partial charge >= 0.3 is 0 Å². The maximum absolute atomic E-state index is 12.3. The van der Waals surface area contributed by atoms with E-state index in [1.165, 1.54) is 7.11 Å². The molecule has 4 nitrogen and oxygen atoms in total. The number of carbonyl (C=O) groups is 1. The zero-order chi connectivity index (χ0) is 14.5. The van der Waals surface area contributed by atoms with Crippen molar-refractivity contribution in [1.29, 1.82) is 5.26 Å². The highest BCUT2D eigenvalue weighted by Gasteiger charge is 2.17. The van der Waals surface area contributed by atoms with Crippen LogP contribution in [-0.2, 0) is 4.84 Å². The fourth-order valence-electron chi connectivity index (χ4n) is 1.97. The molecule has 0 atom stereocenters. The Balaban J connectivity index is 2.59. The van der Waals surface area contributed by atoms with Crippen LogP contribution in [-0.4, -0.2) is 25.1 Å². The van der Waals surface area contributed by atoms with E-state index >= 15 is 0 Å². The lowest BCUT2D eigenvalue weighted by molar-refractivity contribution is -0.0756. The molecule has 0 unspecified atom stereocenters. The average Bonchev–Trinajstić information content (AvgIpc) is 2.53. The predicted octanol–water partition coefficient (Wildman–Crippen LogP) is 2.86. The summed E-state index contributed by atoms with van der Waals surface area (Å²) >= 11 is 0. The number of nitriles is 1. The van der Waals surface area contributed by atoms with Crippen LogP contribution in [0.3, 0.4) is 0 Å². The Morgan fingerprint density at radius 3 is 2.35 bits per heavy atom. The minimum absolute atomic E-state index is 0.254. The lowest BCUT2D eigenvalue weighted by atomic mass is 9.95. The van der Waals surface area contributed by atoms with Crippen molar-refractivity contribution in [3.63, 3.8) is 0 Å². The van der Waals surface area contributed by atoms with Gasteiger partial charge in [-0.3, -0.25) is 9.63 Å². The molecular weight excluding hydrogens is 252 g/mol. The molecule has 0 aliphatic heterocycles. The second-order valence-corrected chi connectivity index (χ2v) is 4.19. The largest absolute Gasteiger partial charge is 0.277 e. The van der Waals surface area contributed by atoms with E-state index in [4.69, 9.17) is 4.84 Å². The molecule has 0 heterocycles. The molecule has 1 amide bonds. The first-order valence-electron chi connectivity index (χ1n) is 6.09. The summed E-state index contributed by atoms with van der Waals surface area (Å²) in [6, 6.07) is 16.5. The molecule has 20 heavy (non-hydrogen) atoms. The van der Waals surface area contributed by atoms with Crippen LogP contribution in [0.5, 0.6) is 0 Å². The Morgan fingerprint density at radius 1 is 1.10 bits per heavy atom. The molecule has 2 aromatic carbocycles. The zero-order valence-electron chi connectivity index (χ0n) is 11.3. The zero-order valence-corrected chi connectivity index (χ0v) is 11.3. The topological polar surface area (TPSA) is 53.3 Å². The fraction of sp³-hybridized carbons (Fsp3) is 0.125. The molecule has 0 saturated heterocycles. The van der Waals surface area contributed by atoms with Gasteiger partial charge in [-0.25, -0.2) is 5.06 Å². The highest BCUT2D eigenvalue weighted by Crippen LogP contribution is 2.27. The molecule has 0 N–H and O–H groups in total. The average molecular weight is 266 g/mol. The Kier molecular flexibility index (Phi) is 4.14. The van der Waals surface area contributed by atoms with E-state index < -0.39 is 0 Å². The normalized spacial score (nSPS) is 9.85. The summed E-state index contributed by atoms with van der Waals surface area (Å²) in [5, 5.41) is 10.4. The second-order valence-electron chi connectivity index (χ2n) is 4.19. The van der Waals surface area contributed by atoms with Gasteiger partial charge in [0.25, 0.3) is 5.91 Å². The SMILES string of the molecule is CON(C)C(=O)c1ccccc1-c1ccccc1C#N. The van der Waals surface area contributed by atoms with Gasteiger partial charge in [0.2, 0.25) is 0 Å². The van der Waals surface area contributed by atoms with Crippen molar-refractivity contribution >= 4 is 5.91 Å². The van der Waals surface area contributed by atoms with Crippen LogP contribution >= 0.6 is 0 Å².